The highest BCUT2D eigenvalue weighted by atomic mass is 28.3. The van der Waals surface area contributed by atoms with E-state index in [1.54, 1.807) is 20.8 Å². The van der Waals surface area contributed by atoms with Crippen molar-refractivity contribution in [3.8, 4) is 0 Å². The maximum atomic E-state index is 11.2. The molecule has 4 N–H and O–H groups in total. The van der Waals surface area contributed by atoms with Crippen LogP contribution in [-0.4, -0.2) is 37.9 Å². The van der Waals surface area contributed by atoms with Crippen LogP contribution >= 0.6 is 0 Å². The zero-order valence-corrected chi connectivity index (χ0v) is 11.8. The summed E-state index contributed by atoms with van der Waals surface area (Å²) in [6.07, 6.45) is 0.986. The lowest BCUT2D eigenvalue weighted by Gasteiger charge is -2.19. The number of carbonyl (C=O) groups excluding carboxylic acids is 1. The van der Waals surface area contributed by atoms with Crippen LogP contribution in [0.15, 0.2) is 0 Å². The molecular weight excluding hydrogens is 240 g/mol. The Hall–Kier alpha value is -1.08. The second kappa shape index (κ2) is 7.28. The highest BCUT2D eigenvalue weighted by Crippen LogP contribution is 2.06. The number of carboxylic acid groups (broad SMARTS) is 1. The first kappa shape index (κ1) is 15.9. The Morgan fingerprint density at radius 1 is 1.35 bits per heavy atom. The summed E-state index contributed by atoms with van der Waals surface area (Å²) in [5.41, 5.74) is -1.35. The highest BCUT2D eigenvalue weighted by Gasteiger charge is 2.16. The van der Waals surface area contributed by atoms with Gasteiger partial charge in [0.05, 0.1) is 0 Å². The highest BCUT2D eigenvalue weighted by molar-refractivity contribution is 6.85. The molecule has 1 amide bonds. The van der Waals surface area contributed by atoms with Crippen molar-refractivity contribution < 1.29 is 19.4 Å². The van der Waals surface area contributed by atoms with E-state index in [-0.39, 0.29) is 0 Å². The Kier molecular flexibility index (Phi) is 6.82. The third-order valence-corrected chi connectivity index (χ3v) is 3.59. The quantitative estimate of drug-likeness (QED) is 0.493. The fourth-order valence-electron chi connectivity index (χ4n) is 1.12. The van der Waals surface area contributed by atoms with E-state index in [1.165, 1.54) is 0 Å². The fourth-order valence-corrected chi connectivity index (χ4v) is 2.09. The molecule has 0 heterocycles. The minimum atomic E-state index is -2.10. The molecule has 0 bridgehead atoms. The second-order valence-corrected chi connectivity index (χ2v) is 7.15. The molecule has 0 aromatic heterocycles. The van der Waals surface area contributed by atoms with Gasteiger partial charge in [-0.05, 0) is 33.2 Å². The lowest BCUT2D eigenvalue weighted by Crippen LogP contribution is -2.35. The van der Waals surface area contributed by atoms with E-state index >= 15 is 0 Å². The first-order chi connectivity index (χ1) is 7.72. The Labute approximate surface area is 103 Å². The van der Waals surface area contributed by atoms with E-state index in [9.17, 15) is 9.59 Å². The van der Waals surface area contributed by atoms with Gasteiger partial charge in [-0.15, -0.1) is 0 Å². The maximum Gasteiger partial charge on any atom is 0.407 e. The van der Waals surface area contributed by atoms with Crippen LogP contribution in [0.1, 0.15) is 33.6 Å². The van der Waals surface area contributed by atoms with Gasteiger partial charge >= 0.3 is 6.09 Å². The number of nitrogens with two attached hydrogens (primary N) is 1. The topological polar surface area (TPSA) is 102 Å². The SMILES string of the molecule is CC(C)(C)OC(=O)NCCCC[Si@H](N)C(=O)O. The molecule has 17 heavy (non-hydrogen) atoms. The first-order valence-electron chi connectivity index (χ1n) is 5.67. The predicted molar refractivity (Wildman–Crippen MR) is 67.6 cm³/mol. The normalized spacial score (nSPS) is 12.9. The molecule has 0 aromatic carbocycles. The van der Waals surface area contributed by atoms with Gasteiger partial charge in [-0.1, -0.05) is 6.42 Å². The van der Waals surface area contributed by atoms with Crippen LogP contribution in [0.2, 0.25) is 6.04 Å². The summed E-state index contributed by atoms with van der Waals surface area (Å²) in [6.45, 7) is 5.87. The molecule has 0 aliphatic rings. The van der Waals surface area contributed by atoms with Gasteiger partial charge < -0.3 is 20.6 Å². The molecule has 1 atom stereocenters. The van der Waals surface area contributed by atoms with Gasteiger partial charge in [0.25, 0.3) is 5.59 Å². The Morgan fingerprint density at radius 3 is 2.41 bits per heavy atom. The van der Waals surface area contributed by atoms with Crippen molar-refractivity contribution in [2.45, 2.75) is 45.3 Å². The van der Waals surface area contributed by atoms with E-state index < -0.39 is 26.2 Å². The molecule has 0 aromatic rings. The minimum Gasteiger partial charge on any atom is -0.485 e. The molecule has 0 rings (SSSR count). The van der Waals surface area contributed by atoms with E-state index in [1.807, 2.05) is 0 Å². The summed E-state index contributed by atoms with van der Waals surface area (Å²) >= 11 is 0. The molecule has 100 valence electrons. The molecule has 0 saturated heterocycles. The minimum absolute atomic E-state index is 0.447. The largest absolute Gasteiger partial charge is 0.485 e. The van der Waals surface area contributed by atoms with Gasteiger partial charge in [-0.3, -0.25) is 4.79 Å². The lowest BCUT2D eigenvalue weighted by atomic mass is 10.2. The second-order valence-electron chi connectivity index (χ2n) is 4.87. The number of amides is 1. The summed E-state index contributed by atoms with van der Waals surface area (Å²) in [5, 5.41) is 16.7. The standard InChI is InChI=1S/C10H22N2O4Si/c1-10(2,3)16-8(13)12-6-4-5-7-17(11)9(14)15/h17H,4-7,11H2,1-3H3,(H,12,13)(H,14,15)/t17-/m0/s1. The van der Waals surface area contributed by atoms with Crippen molar-refractivity contribution in [1.82, 2.24) is 5.32 Å². The summed E-state index contributed by atoms with van der Waals surface area (Å²) < 4.78 is 5.04. The molecule has 0 spiro atoms. The molecule has 7 heteroatoms. The molecule has 0 saturated carbocycles. The van der Waals surface area contributed by atoms with Crippen LogP contribution in [0, 0.1) is 0 Å². The number of hydrogen-bond acceptors (Lipinski definition) is 4. The first-order valence-corrected chi connectivity index (χ1v) is 7.73. The van der Waals surface area contributed by atoms with Gasteiger partial charge in [0.1, 0.15) is 5.60 Å². The van der Waals surface area contributed by atoms with Crippen molar-refractivity contribution in [1.29, 1.82) is 0 Å². The molecule has 6 nitrogen and oxygen atoms in total. The number of unbranched alkanes of at least 4 members (excludes halogenated alkanes) is 1. The van der Waals surface area contributed by atoms with E-state index in [2.05, 4.69) is 5.32 Å². The van der Waals surface area contributed by atoms with E-state index in [0.717, 1.165) is 6.42 Å². The van der Waals surface area contributed by atoms with Crippen LogP contribution < -0.4 is 10.7 Å². The number of carbonyl (C=O) groups is 2. The van der Waals surface area contributed by atoms with Crippen molar-refractivity contribution in [2.75, 3.05) is 6.54 Å². The van der Waals surface area contributed by atoms with Crippen molar-refractivity contribution in [2.24, 2.45) is 5.40 Å². The lowest BCUT2D eigenvalue weighted by molar-refractivity contribution is 0.0527. The molecule has 0 radical (unpaired) electrons. The van der Waals surface area contributed by atoms with Gasteiger partial charge in [0.15, 0.2) is 0 Å². The molecular formula is C10H22N2O4Si. The van der Waals surface area contributed by atoms with Gasteiger partial charge in [-0.2, -0.15) is 0 Å². The monoisotopic (exact) mass is 262 g/mol. The molecule has 0 fully saturated rings. The van der Waals surface area contributed by atoms with Gasteiger partial charge in [0, 0.05) is 6.54 Å². The predicted octanol–water partition coefficient (Wildman–Crippen LogP) is 1.23. The van der Waals surface area contributed by atoms with Crippen LogP contribution in [-0.2, 0) is 4.74 Å². The Bertz CT molecular complexity index is 266. The maximum absolute atomic E-state index is 11.2. The number of ether oxygens (including phenoxy) is 1. The summed E-state index contributed by atoms with van der Waals surface area (Å²) in [7, 11) is -2.10. The number of hydrogen-bond donors (Lipinski definition) is 3. The summed E-state index contributed by atoms with van der Waals surface area (Å²) in [5.74, 6) is 0. The van der Waals surface area contributed by atoms with Crippen LogP contribution in [0.5, 0.6) is 0 Å². The van der Waals surface area contributed by atoms with E-state index in [4.69, 9.17) is 15.2 Å². The molecule has 0 unspecified atom stereocenters. The van der Waals surface area contributed by atoms with Crippen molar-refractivity contribution in [3.05, 3.63) is 0 Å². The fraction of sp³-hybridized carbons (Fsp3) is 0.800. The summed E-state index contributed by atoms with van der Waals surface area (Å²) in [6, 6.07) is 0.547. The average Bonchev–Trinajstić information content (AvgIpc) is 2.13. The number of alkyl carbamates (subject to hydrolysis) is 1. The average molecular weight is 262 g/mol. The third-order valence-electron chi connectivity index (χ3n) is 1.93. The van der Waals surface area contributed by atoms with Crippen LogP contribution in [0.3, 0.4) is 0 Å². The van der Waals surface area contributed by atoms with Crippen molar-refractivity contribution >= 4 is 20.6 Å². The number of rotatable bonds is 6. The summed E-state index contributed by atoms with van der Waals surface area (Å²) in [4.78, 5) is 21.7. The van der Waals surface area contributed by atoms with E-state index in [0.29, 0.717) is 19.0 Å². The Morgan fingerprint density at radius 2 is 1.94 bits per heavy atom. The Balaban J connectivity index is 3.52. The molecule has 0 aliphatic heterocycles. The van der Waals surface area contributed by atoms with Crippen molar-refractivity contribution in [3.63, 3.8) is 0 Å². The third kappa shape index (κ3) is 9.82. The molecule has 0 aliphatic carbocycles. The zero-order chi connectivity index (χ0) is 13.5. The van der Waals surface area contributed by atoms with Gasteiger partial charge in [-0.25, -0.2) is 4.79 Å². The van der Waals surface area contributed by atoms with Crippen LogP contribution in [0.25, 0.3) is 0 Å². The number of nitrogens with one attached hydrogen (secondary N) is 1. The van der Waals surface area contributed by atoms with Gasteiger partial charge in [0.2, 0.25) is 8.96 Å². The smallest absolute Gasteiger partial charge is 0.407 e. The van der Waals surface area contributed by atoms with Crippen LogP contribution in [0.4, 0.5) is 9.59 Å². The zero-order valence-electron chi connectivity index (χ0n) is 10.7.